The van der Waals surface area contributed by atoms with Gasteiger partial charge in [0.05, 0.1) is 0 Å². The molecule has 0 aromatic heterocycles. The third kappa shape index (κ3) is 4.03. The van der Waals surface area contributed by atoms with Gasteiger partial charge in [0.1, 0.15) is 5.60 Å². The Bertz CT molecular complexity index is 337. The second-order valence-corrected chi connectivity index (χ2v) is 5.65. The first-order chi connectivity index (χ1) is 7.83. The third-order valence-electron chi connectivity index (χ3n) is 3.56. The van der Waals surface area contributed by atoms with Gasteiger partial charge in [-0.3, -0.25) is 0 Å². The Kier molecular flexibility index (Phi) is 4.55. The minimum absolute atomic E-state index is 0.278. The molecule has 0 spiro atoms. The Hall–Kier alpha value is -1.05. The highest BCUT2D eigenvalue weighted by molar-refractivity contribution is 5.87. The molecule has 1 atom stereocenters. The normalized spacial score (nSPS) is 21.4. The largest absolute Gasteiger partial charge is 0.456 e. The van der Waals surface area contributed by atoms with Crippen LogP contribution in [0.4, 0.5) is 0 Å². The Labute approximate surface area is 105 Å². The van der Waals surface area contributed by atoms with Crippen molar-refractivity contribution in [2.24, 2.45) is 5.92 Å². The van der Waals surface area contributed by atoms with Crippen LogP contribution in [0.3, 0.4) is 0 Å². The molecule has 2 heteroatoms. The summed E-state index contributed by atoms with van der Waals surface area (Å²) in [5.41, 5.74) is 1.52. The summed E-state index contributed by atoms with van der Waals surface area (Å²) in [5.74, 6) is 0.128. The second kappa shape index (κ2) is 5.52. The number of ether oxygens (including phenoxy) is 1. The molecule has 0 aromatic carbocycles. The fourth-order valence-corrected chi connectivity index (χ4v) is 2.23. The lowest BCUT2D eigenvalue weighted by atomic mass is 9.85. The van der Waals surface area contributed by atoms with E-state index in [0.717, 1.165) is 12.8 Å². The third-order valence-corrected chi connectivity index (χ3v) is 3.56. The summed E-state index contributed by atoms with van der Waals surface area (Å²) < 4.78 is 5.56. The van der Waals surface area contributed by atoms with E-state index in [1.54, 1.807) is 6.92 Å². The summed E-state index contributed by atoms with van der Waals surface area (Å²) in [6.07, 6.45) is 6.75. The van der Waals surface area contributed by atoms with Crippen molar-refractivity contribution >= 4 is 5.97 Å². The van der Waals surface area contributed by atoms with Gasteiger partial charge in [-0.15, -0.1) is 0 Å². The van der Waals surface area contributed by atoms with Crippen LogP contribution in [0.2, 0.25) is 0 Å². The smallest absolute Gasteiger partial charge is 0.333 e. The monoisotopic (exact) mass is 236 g/mol. The van der Waals surface area contributed by atoms with E-state index < -0.39 is 5.60 Å². The average molecular weight is 236 g/mol. The van der Waals surface area contributed by atoms with Crippen LogP contribution in [0.25, 0.3) is 0 Å². The van der Waals surface area contributed by atoms with Crippen molar-refractivity contribution in [2.45, 2.75) is 59.0 Å². The van der Waals surface area contributed by atoms with Crippen LogP contribution in [0.1, 0.15) is 53.4 Å². The molecule has 0 N–H and O–H groups in total. The highest BCUT2D eigenvalue weighted by Gasteiger charge is 2.33. The highest BCUT2D eigenvalue weighted by atomic mass is 16.6. The van der Waals surface area contributed by atoms with Crippen LogP contribution in [0.15, 0.2) is 23.8 Å². The lowest BCUT2D eigenvalue weighted by Crippen LogP contribution is -2.36. The molecular weight excluding hydrogens is 212 g/mol. The Morgan fingerprint density at radius 1 is 1.53 bits per heavy atom. The van der Waals surface area contributed by atoms with Crippen molar-refractivity contribution < 1.29 is 9.53 Å². The molecule has 0 radical (unpaired) electrons. The van der Waals surface area contributed by atoms with Crippen LogP contribution >= 0.6 is 0 Å². The molecule has 1 rings (SSSR count). The maximum Gasteiger partial charge on any atom is 0.333 e. The van der Waals surface area contributed by atoms with Crippen LogP contribution < -0.4 is 0 Å². The van der Waals surface area contributed by atoms with Crippen molar-refractivity contribution in [2.75, 3.05) is 0 Å². The molecule has 2 nitrogen and oxygen atoms in total. The average Bonchev–Trinajstić information content (AvgIpc) is 2.42. The van der Waals surface area contributed by atoms with E-state index in [0.29, 0.717) is 11.5 Å². The van der Waals surface area contributed by atoms with Crippen molar-refractivity contribution in [3.63, 3.8) is 0 Å². The molecule has 1 unspecified atom stereocenters. The van der Waals surface area contributed by atoms with Gasteiger partial charge >= 0.3 is 5.97 Å². The first kappa shape index (κ1) is 14.0. The molecule has 0 aromatic rings. The lowest BCUT2D eigenvalue weighted by molar-refractivity contribution is -0.156. The topological polar surface area (TPSA) is 26.3 Å². The molecule has 0 saturated carbocycles. The number of carbonyl (C=O) groups is 1. The minimum Gasteiger partial charge on any atom is -0.456 e. The van der Waals surface area contributed by atoms with E-state index in [2.05, 4.69) is 19.6 Å². The van der Waals surface area contributed by atoms with Gasteiger partial charge in [0.15, 0.2) is 0 Å². The second-order valence-electron chi connectivity index (χ2n) is 5.65. The molecule has 0 aliphatic heterocycles. The first-order valence-corrected chi connectivity index (χ1v) is 6.37. The van der Waals surface area contributed by atoms with Crippen LogP contribution in [-0.2, 0) is 9.53 Å². The fraction of sp³-hybridized carbons (Fsp3) is 0.667. The predicted molar refractivity (Wildman–Crippen MR) is 70.7 cm³/mol. The van der Waals surface area contributed by atoms with E-state index >= 15 is 0 Å². The van der Waals surface area contributed by atoms with Crippen LogP contribution in [0, 0.1) is 5.92 Å². The summed E-state index contributed by atoms with van der Waals surface area (Å²) >= 11 is 0. The first-order valence-electron chi connectivity index (χ1n) is 6.37. The molecule has 1 aliphatic rings. The minimum atomic E-state index is -0.406. The quantitative estimate of drug-likeness (QED) is 0.420. The van der Waals surface area contributed by atoms with Gasteiger partial charge in [-0.25, -0.2) is 4.79 Å². The van der Waals surface area contributed by atoms with Gasteiger partial charge in [-0.1, -0.05) is 18.2 Å². The standard InChI is InChI=1S/C15H24O2/c1-11(2)14(16)17-15(4,5)13-8-6-7-12(3)9-10-13/h9,13H,1,6-8,10H2,2-5H3. The molecular formula is C15H24O2. The summed E-state index contributed by atoms with van der Waals surface area (Å²) in [5, 5.41) is 0. The summed E-state index contributed by atoms with van der Waals surface area (Å²) in [6, 6.07) is 0. The Morgan fingerprint density at radius 2 is 2.18 bits per heavy atom. The van der Waals surface area contributed by atoms with Gasteiger partial charge in [-0.05, 0) is 53.4 Å². The van der Waals surface area contributed by atoms with Gasteiger partial charge < -0.3 is 4.74 Å². The number of hydrogen-bond acceptors (Lipinski definition) is 2. The molecule has 0 heterocycles. The number of allylic oxidation sites excluding steroid dienone is 2. The lowest BCUT2D eigenvalue weighted by Gasteiger charge is -2.33. The van der Waals surface area contributed by atoms with E-state index in [-0.39, 0.29) is 5.97 Å². The van der Waals surface area contributed by atoms with Crippen molar-refractivity contribution in [3.8, 4) is 0 Å². The molecule has 0 amide bonds. The number of rotatable bonds is 3. The van der Waals surface area contributed by atoms with E-state index in [4.69, 9.17) is 4.74 Å². The SMILES string of the molecule is C=C(C)C(=O)OC(C)(C)C1CC=C(C)CCC1. The molecule has 96 valence electrons. The summed E-state index contributed by atoms with van der Waals surface area (Å²) in [7, 11) is 0. The molecule has 0 fully saturated rings. The fourth-order valence-electron chi connectivity index (χ4n) is 2.23. The Balaban J connectivity index is 2.69. The number of carbonyl (C=O) groups excluding carboxylic acids is 1. The molecule has 17 heavy (non-hydrogen) atoms. The van der Waals surface area contributed by atoms with Gasteiger partial charge in [-0.2, -0.15) is 0 Å². The van der Waals surface area contributed by atoms with E-state index in [9.17, 15) is 4.79 Å². The Morgan fingerprint density at radius 3 is 2.76 bits per heavy atom. The summed E-state index contributed by atoms with van der Waals surface area (Å²) in [6.45, 7) is 11.5. The summed E-state index contributed by atoms with van der Waals surface area (Å²) in [4.78, 5) is 11.6. The van der Waals surface area contributed by atoms with Gasteiger partial charge in [0, 0.05) is 11.5 Å². The predicted octanol–water partition coefficient (Wildman–Crippen LogP) is 4.02. The van der Waals surface area contributed by atoms with Crippen molar-refractivity contribution in [3.05, 3.63) is 23.8 Å². The van der Waals surface area contributed by atoms with Crippen LogP contribution in [0.5, 0.6) is 0 Å². The van der Waals surface area contributed by atoms with Crippen LogP contribution in [-0.4, -0.2) is 11.6 Å². The molecule has 1 aliphatic carbocycles. The van der Waals surface area contributed by atoms with E-state index in [1.165, 1.54) is 18.4 Å². The van der Waals surface area contributed by atoms with Gasteiger partial charge in [0.2, 0.25) is 0 Å². The van der Waals surface area contributed by atoms with Crippen molar-refractivity contribution in [1.29, 1.82) is 0 Å². The van der Waals surface area contributed by atoms with Crippen molar-refractivity contribution in [1.82, 2.24) is 0 Å². The maximum absolute atomic E-state index is 11.6. The highest BCUT2D eigenvalue weighted by Crippen LogP contribution is 2.33. The molecule has 0 saturated heterocycles. The zero-order valence-electron chi connectivity index (χ0n) is 11.5. The zero-order valence-corrected chi connectivity index (χ0v) is 11.5. The molecule has 0 bridgehead atoms. The zero-order chi connectivity index (χ0) is 13.1. The van der Waals surface area contributed by atoms with Gasteiger partial charge in [0.25, 0.3) is 0 Å². The number of esters is 1. The van der Waals surface area contributed by atoms with E-state index in [1.807, 2.05) is 13.8 Å². The number of hydrogen-bond donors (Lipinski definition) is 0. The maximum atomic E-state index is 11.6.